The van der Waals surface area contributed by atoms with Crippen molar-refractivity contribution in [2.24, 2.45) is 0 Å². The molecule has 0 radical (unpaired) electrons. The summed E-state index contributed by atoms with van der Waals surface area (Å²) in [6.07, 6.45) is 1.43. The van der Waals surface area contributed by atoms with Gasteiger partial charge in [0.25, 0.3) is 5.91 Å². The number of rotatable bonds is 3. The first kappa shape index (κ1) is 14.3. The molecule has 2 rings (SSSR count). The molecule has 0 aliphatic carbocycles. The Morgan fingerprint density at radius 1 is 1.25 bits per heavy atom. The van der Waals surface area contributed by atoms with Crippen molar-refractivity contribution in [2.45, 2.75) is 0 Å². The lowest BCUT2D eigenvalue weighted by Crippen LogP contribution is -2.50. The maximum Gasteiger partial charge on any atom is 0.255 e. The SMILES string of the molecule is CNC(=O)CN1CCN(C(=O)c2ccc(=O)[nH]c2)CC1. The van der Waals surface area contributed by atoms with Crippen molar-refractivity contribution in [1.82, 2.24) is 20.1 Å². The molecule has 0 bridgehead atoms. The summed E-state index contributed by atoms with van der Waals surface area (Å²) >= 11 is 0. The number of likely N-dealkylation sites (N-methyl/N-ethyl adjacent to an activating group) is 1. The lowest BCUT2D eigenvalue weighted by atomic mass is 10.2. The highest BCUT2D eigenvalue weighted by Gasteiger charge is 2.22. The molecule has 0 spiro atoms. The summed E-state index contributed by atoms with van der Waals surface area (Å²) in [7, 11) is 1.61. The van der Waals surface area contributed by atoms with E-state index in [4.69, 9.17) is 0 Å². The van der Waals surface area contributed by atoms with Crippen molar-refractivity contribution in [2.75, 3.05) is 39.8 Å². The molecule has 0 unspecified atom stereocenters. The van der Waals surface area contributed by atoms with Gasteiger partial charge in [-0.25, -0.2) is 0 Å². The highest BCUT2D eigenvalue weighted by atomic mass is 16.2. The van der Waals surface area contributed by atoms with Gasteiger partial charge >= 0.3 is 0 Å². The molecule has 0 saturated carbocycles. The van der Waals surface area contributed by atoms with Gasteiger partial charge in [-0.1, -0.05) is 0 Å². The number of aromatic amines is 1. The third-order valence-corrected chi connectivity index (χ3v) is 3.34. The Morgan fingerprint density at radius 3 is 2.50 bits per heavy atom. The number of hydrogen-bond acceptors (Lipinski definition) is 4. The minimum absolute atomic E-state index is 0.0228. The van der Waals surface area contributed by atoms with Gasteiger partial charge in [0, 0.05) is 45.5 Å². The van der Waals surface area contributed by atoms with E-state index in [-0.39, 0.29) is 17.4 Å². The summed E-state index contributed by atoms with van der Waals surface area (Å²) in [4.78, 5) is 40.7. The van der Waals surface area contributed by atoms with Crippen molar-refractivity contribution in [3.8, 4) is 0 Å². The van der Waals surface area contributed by atoms with Crippen LogP contribution in [0.2, 0.25) is 0 Å². The molecule has 1 aliphatic rings. The molecule has 0 atom stereocenters. The van der Waals surface area contributed by atoms with E-state index in [1.165, 1.54) is 18.3 Å². The van der Waals surface area contributed by atoms with Gasteiger partial charge in [0.2, 0.25) is 11.5 Å². The maximum absolute atomic E-state index is 12.2. The van der Waals surface area contributed by atoms with E-state index in [0.29, 0.717) is 38.3 Å². The Kier molecular flexibility index (Phi) is 4.52. The van der Waals surface area contributed by atoms with Crippen LogP contribution >= 0.6 is 0 Å². The van der Waals surface area contributed by atoms with Crippen molar-refractivity contribution < 1.29 is 9.59 Å². The quantitative estimate of drug-likeness (QED) is 0.733. The monoisotopic (exact) mass is 278 g/mol. The predicted molar refractivity (Wildman–Crippen MR) is 73.5 cm³/mol. The number of piperazine rings is 1. The molecule has 1 aromatic rings. The second-order valence-electron chi connectivity index (χ2n) is 4.68. The van der Waals surface area contributed by atoms with Crippen LogP contribution in [0.1, 0.15) is 10.4 Å². The van der Waals surface area contributed by atoms with Crippen LogP contribution in [0, 0.1) is 0 Å². The second-order valence-corrected chi connectivity index (χ2v) is 4.68. The smallest absolute Gasteiger partial charge is 0.255 e. The molecule has 2 amide bonds. The molecule has 1 aliphatic heterocycles. The number of H-pyrrole nitrogens is 1. The Morgan fingerprint density at radius 2 is 1.95 bits per heavy atom. The minimum atomic E-state index is -0.225. The molecule has 1 saturated heterocycles. The molecule has 7 nitrogen and oxygen atoms in total. The summed E-state index contributed by atoms with van der Waals surface area (Å²) in [5.74, 6) is -0.119. The number of nitrogens with zero attached hydrogens (tertiary/aromatic N) is 2. The van der Waals surface area contributed by atoms with Crippen LogP contribution in [-0.4, -0.2) is 66.4 Å². The molecule has 7 heteroatoms. The number of nitrogens with one attached hydrogen (secondary N) is 2. The fraction of sp³-hybridized carbons (Fsp3) is 0.462. The number of pyridine rings is 1. The molecule has 1 aromatic heterocycles. The fourth-order valence-electron chi connectivity index (χ4n) is 2.12. The number of aromatic nitrogens is 1. The van der Waals surface area contributed by atoms with E-state index in [1.54, 1.807) is 11.9 Å². The third kappa shape index (κ3) is 3.45. The Hall–Kier alpha value is -2.15. The number of amides is 2. The van der Waals surface area contributed by atoms with Crippen LogP contribution < -0.4 is 10.9 Å². The highest BCUT2D eigenvalue weighted by Crippen LogP contribution is 2.07. The third-order valence-electron chi connectivity index (χ3n) is 3.34. The number of carbonyl (C=O) groups excluding carboxylic acids is 2. The fourth-order valence-corrected chi connectivity index (χ4v) is 2.12. The van der Waals surface area contributed by atoms with Crippen LogP contribution in [0.5, 0.6) is 0 Å². The van der Waals surface area contributed by atoms with Crippen molar-refractivity contribution in [3.05, 3.63) is 34.2 Å². The molecule has 20 heavy (non-hydrogen) atoms. The van der Waals surface area contributed by atoms with Gasteiger partial charge in [-0.05, 0) is 6.07 Å². The molecule has 2 N–H and O–H groups in total. The van der Waals surface area contributed by atoms with Gasteiger partial charge in [-0.15, -0.1) is 0 Å². The van der Waals surface area contributed by atoms with Gasteiger partial charge in [0.15, 0.2) is 0 Å². The molecule has 108 valence electrons. The zero-order valence-corrected chi connectivity index (χ0v) is 11.4. The van der Waals surface area contributed by atoms with Crippen molar-refractivity contribution in [3.63, 3.8) is 0 Å². The summed E-state index contributed by atoms with van der Waals surface area (Å²) in [6.45, 7) is 2.85. The van der Waals surface area contributed by atoms with E-state index < -0.39 is 0 Å². The van der Waals surface area contributed by atoms with Crippen LogP contribution in [0.4, 0.5) is 0 Å². The number of carbonyl (C=O) groups is 2. The van der Waals surface area contributed by atoms with E-state index >= 15 is 0 Å². The summed E-state index contributed by atoms with van der Waals surface area (Å²) in [5, 5.41) is 2.58. The van der Waals surface area contributed by atoms with Gasteiger partial charge in [0.1, 0.15) is 0 Å². The second kappa shape index (κ2) is 6.33. The Balaban J connectivity index is 1.90. The van der Waals surface area contributed by atoms with Crippen LogP contribution in [0.25, 0.3) is 0 Å². The first-order chi connectivity index (χ1) is 9.60. The van der Waals surface area contributed by atoms with E-state index in [1.807, 2.05) is 4.90 Å². The summed E-state index contributed by atoms with van der Waals surface area (Å²) in [6, 6.07) is 2.87. The Bertz CT molecular complexity index is 526. The molecular formula is C13H18N4O3. The first-order valence-corrected chi connectivity index (χ1v) is 6.51. The topological polar surface area (TPSA) is 85.5 Å². The Labute approximate surface area is 116 Å². The van der Waals surface area contributed by atoms with Crippen LogP contribution in [0.15, 0.2) is 23.1 Å². The van der Waals surface area contributed by atoms with Gasteiger partial charge < -0.3 is 15.2 Å². The van der Waals surface area contributed by atoms with Gasteiger partial charge in [0.05, 0.1) is 12.1 Å². The highest BCUT2D eigenvalue weighted by molar-refractivity contribution is 5.93. The van der Waals surface area contributed by atoms with Crippen molar-refractivity contribution in [1.29, 1.82) is 0 Å². The average molecular weight is 278 g/mol. The van der Waals surface area contributed by atoms with E-state index in [2.05, 4.69) is 10.3 Å². The van der Waals surface area contributed by atoms with Crippen LogP contribution in [-0.2, 0) is 4.79 Å². The summed E-state index contributed by atoms with van der Waals surface area (Å²) in [5.41, 5.74) is 0.251. The molecule has 0 aromatic carbocycles. The molecule has 2 heterocycles. The first-order valence-electron chi connectivity index (χ1n) is 6.51. The predicted octanol–water partition coefficient (Wildman–Crippen LogP) is -1.12. The van der Waals surface area contributed by atoms with Gasteiger partial charge in [-0.2, -0.15) is 0 Å². The zero-order chi connectivity index (χ0) is 14.5. The zero-order valence-electron chi connectivity index (χ0n) is 11.4. The number of hydrogen-bond donors (Lipinski definition) is 2. The standard InChI is InChI=1S/C13H18N4O3/c1-14-12(19)9-16-4-6-17(7-5-16)13(20)10-2-3-11(18)15-8-10/h2-3,8H,4-7,9H2,1H3,(H,14,19)(H,15,18). The van der Waals surface area contributed by atoms with Crippen molar-refractivity contribution >= 4 is 11.8 Å². The summed E-state index contributed by atoms with van der Waals surface area (Å²) < 4.78 is 0. The lowest BCUT2D eigenvalue weighted by Gasteiger charge is -2.34. The van der Waals surface area contributed by atoms with Crippen LogP contribution in [0.3, 0.4) is 0 Å². The normalized spacial score (nSPS) is 15.9. The maximum atomic E-state index is 12.2. The minimum Gasteiger partial charge on any atom is -0.358 e. The van der Waals surface area contributed by atoms with E-state index in [9.17, 15) is 14.4 Å². The average Bonchev–Trinajstić information content (AvgIpc) is 2.48. The molecular weight excluding hydrogens is 260 g/mol. The largest absolute Gasteiger partial charge is 0.358 e. The van der Waals surface area contributed by atoms with E-state index in [0.717, 1.165) is 0 Å². The lowest BCUT2D eigenvalue weighted by molar-refractivity contribution is -0.122. The molecule has 1 fully saturated rings. The van der Waals surface area contributed by atoms with Gasteiger partial charge in [-0.3, -0.25) is 19.3 Å².